The smallest absolute Gasteiger partial charge is 0.408 e. The number of alkyl carbamates (subject to hydrolysis) is 1. The number of hydrogen-bond acceptors (Lipinski definition) is 8. The first-order valence-electron chi connectivity index (χ1n) is 11.8. The van der Waals surface area contributed by atoms with E-state index in [9.17, 15) is 29.1 Å². The number of primary amides is 1. The molecule has 1 rings (SSSR count). The zero-order valence-electron chi connectivity index (χ0n) is 22.4. The van der Waals surface area contributed by atoms with E-state index in [1.165, 1.54) is 11.0 Å². The van der Waals surface area contributed by atoms with Crippen LogP contribution in [0.2, 0.25) is 0 Å². The monoisotopic (exact) mass is 522 g/mol. The van der Waals surface area contributed by atoms with Crippen LogP contribution >= 0.6 is 0 Å². The maximum absolute atomic E-state index is 13.9. The Morgan fingerprint density at radius 1 is 1.14 bits per heavy atom. The molecular weight excluding hydrogens is 484 g/mol. The first kappa shape index (κ1) is 31.2. The number of carbonyl (C=O) groups excluding carboxylic acids is 5. The number of carbonyl (C=O) groups is 5. The van der Waals surface area contributed by atoms with Crippen molar-refractivity contribution in [2.45, 2.75) is 78.1 Å². The molecule has 4 amide bonds. The summed E-state index contributed by atoms with van der Waals surface area (Å²) in [7, 11) is 1.16. The minimum Gasteiger partial charge on any atom is -0.507 e. The van der Waals surface area contributed by atoms with Gasteiger partial charge in [0.05, 0.1) is 7.11 Å². The van der Waals surface area contributed by atoms with Gasteiger partial charge in [0.15, 0.2) is 0 Å². The normalized spacial score (nSPS) is 12.8. The average Bonchev–Trinajstić information content (AvgIpc) is 2.78. The summed E-state index contributed by atoms with van der Waals surface area (Å²) in [5.41, 5.74) is 4.98. The standard InChI is InChI=1S/C25H38N4O8/c1-14(2)29(23(34)17(11-12-18(26)30)28-24(35)37-25(4,5)6)20(22(33)27-13-19(31)36-7)16-10-8-9-15(3)21(16)32/h8-10,14,17,20,32H,11-13H2,1-7H3,(H2,26,30)(H,27,33)(H,28,35). The third kappa shape index (κ3) is 9.62. The summed E-state index contributed by atoms with van der Waals surface area (Å²) in [5.74, 6) is -3.11. The maximum atomic E-state index is 13.9. The summed E-state index contributed by atoms with van der Waals surface area (Å²) < 4.78 is 9.83. The maximum Gasteiger partial charge on any atom is 0.408 e. The van der Waals surface area contributed by atoms with Crippen molar-refractivity contribution in [3.05, 3.63) is 29.3 Å². The molecule has 2 atom stereocenters. The first-order chi connectivity index (χ1) is 17.1. The number of phenols is 1. The van der Waals surface area contributed by atoms with Gasteiger partial charge in [0.1, 0.15) is 30.0 Å². The van der Waals surface area contributed by atoms with E-state index in [1.807, 2.05) is 0 Å². The molecular formula is C25H38N4O8. The molecule has 0 saturated heterocycles. The summed E-state index contributed by atoms with van der Waals surface area (Å²) in [6.45, 7) is 9.39. The van der Waals surface area contributed by atoms with Crippen LogP contribution in [0.5, 0.6) is 5.75 Å². The Morgan fingerprint density at radius 3 is 2.27 bits per heavy atom. The number of aromatic hydroxyl groups is 1. The number of aryl methyl sites for hydroxylation is 1. The number of esters is 1. The molecule has 0 aliphatic carbocycles. The number of methoxy groups -OCH3 is 1. The molecule has 12 nitrogen and oxygen atoms in total. The van der Waals surface area contributed by atoms with Gasteiger partial charge in [-0.1, -0.05) is 18.2 Å². The lowest BCUT2D eigenvalue weighted by Gasteiger charge is -2.37. The number of nitrogens with one attached hydrogen (secondary N) is 2. The molecule has 1 aromatic rings. The Labute approximate surface area is 216 Å². The van der Waals surface area contributed by atoms with Crippen molar-refractivity contribution in [3.63, 3.8) is 0 Å². The minimum atomic E-state index is -1.39. The highest BCUT2D eigenvalue weighted by Gasteiger charge is 2.39. The molecule has 12 heteroatoms. The summed E-state index contributed by atoms with van der Waals surface area (Å²) in [6.07, 6.45) is -1.29. The Kier molecular flexibility index (Phi) is 11.4. The van der Waals surface area contributed by atoms with Gasteiger partial charge in [-0.3, -0.25) is 19.2 Å². The van der Waals surface area contributed by atoms with Crippen LogP contribution in [-0.2, 0) is 28.7 Å². The molecule has 1 aromatic carbocycles. The molecule has 37 heavy (non-hydrogen) atoms. The summed E-state index contributed by atoms with van der Waals surface area (Å²) in [6, 6.07) is 1.41. The lowest BCUT2D eigenvalue weighted by molar-refractivity contribution is -0.146. The number of nitrogens with zero attached hydrogens (tertiary/aromatic N) is 1. The van der Waals surface area contributed by atoms with Crippen molar-refractivity contribution in [2.75, 3.05) is 13.7 Å². The predicted molar refractivity (Wildman–Crippen MR) is 134 cm³/mol. The van der Waals surface area contributed by atoms with Crippen LogP contribution in [0.25, 0.3) is 0 Å². The zero-order valence-corrected chi connectivity index (χ0v) is 22.4. The summed E-state index contributed by atoms with van der Waals surface area (Å²) >= 11 is 0. The highest BCUT2D eigenvalue weighted by Crippen LogP contribution is 2.33. The van der Waals surface area contributed by atoms with Crippen molar-refractivity contribution in [1.82, 2.24) is 15.5 Å². The minimum absolute atomic E-state index is 0.107. The van der Waals surface area contributed by atoms with E-state index in [0.29, 0.717) is 5.56 Å². The fraction of sp³-hybridized carbons (Fsp3) is 0.560. The SMILES string of the molecule is COC(=O)CNC(=O)C(c1cccc(C)c1O)N(C(=O)C(CCC(N)=O)NC(=O)OC(C)(C)C)C(C)C. The lowest BCUT2D eigenvalue weighted by Crippen LogP contribution is -2.55. The third-order valence-electron chi connectivity index (χ3n) is 5.20. The molecule has 0 aliphatic heterocycles. The Bertz CT molecular complexity index is 1000. The van der Waals surface area contributed by atoms with E-state index in [2.05, 4.69) is 15.4 Å². The fourth-order valence-electron chi connectivity index (χ4n) is 3.50. The molecule has 0 heterocycles. The van der Waals surface area contributed by atoms with E-state index in [0.717, 1.165) is 7.11 Å². The molecule has 0 bridgehead atoms. The van der Waals surface area contributed by atoms with Crippen molar-refractivity contribution < 1.29 is 38.6 Å². The van der Waals surface area contributed by atoms with Crippen LogP contribution in [0.15, 0.2) is 18.2 Å². The number of amides is 4. The van der Waals surface area contributed by atoms with Gasteiger partial charge in [-0.25, -0.2) is 4.79 Å². The highest BCUT2D eigenvalue weighted by atomic mass is 16.6. The fourth-order valence-corrected chi connectivity index (χ4v) is 3.50. The Morgan fingerprint density at radius 2 is 1.76 bits per heavy atom. The van der Waals surface area contributed by atoms with E-state index in [1.54, 1.807) is 53.7 Å². The van der Waals surface area contributed by atoms with Crippen molar-refractivity contribution in [3.8, 4) is 5.75 Å². The Hall–Kier alpha value is -3.83. The molecule has 2 unspecified atom stereocenters. The number of benzene rings is 1. The second-order valence-electron chi connectivity index (χ2n) is 9.75. The van der Waals surface area contributed by atoms with Crippen LogP contribution < -0.4 is 16.4 Å². The molecule has 0 spiro atoms. The molecule has 5 N–H and O–H groups in total. The second kappa shape index (κ2) is 13.5. The molecule has 0 saturated carbocycles. The van der Waals surface area contributed by atoms with Crippen LogP contribution in [-0.4, -0.2) is 71.1 Å². The quantitative estimate of drug-likeness (QED) is 0.315. The van der Waals surface area contributed by atoms with Crippen molar-refractivity contribution in [1.29, 1.82) is 0 Å². The molecule has 0 aromatic heterocycles. The summed E-state index contributed by atoms with van der Waals surface area (Å²) in [5, 5.41) is 15.7. The molecule has 0 radical (unpaired) electrons. The zero-order chi connectivity index (χ0) is 28.5. The second-order valence-corrected chi connectivity index (χ2v) is 9.75. The predicted octanol–water partition coefficient (Wildman–Crippen LogP) is 1.43. The van der Waals surface area contributed by atoms with Gasteiger partial charge < -0.3 is 35.8 Å². The van der Waals surface area contributed by atoms with Crippen LogP contribution in [0.1, 0.15) is 64.6 Å². The topological polar surface area (TPSA) is 177 Å². The van der Waals surface area contributed by atoms with Gasteiger partial charge in [-0.2, -0.15) is 0 Å². The van der Waals surface area contributed by atoms with Crippen LogP contribution in [0, 0.1) is 6.92 Å². The van der Waals surface area contributed by atoms with E-state index in [-0.39, 0.29) is 24.2 Å². The third-order valence-corrected chi connectivity index (χ3v) is 5.20. The molecule has 0 aliphatic rings. The van der Waals surface area contributed by atoms with E-state index >= 15 is 0 Å². The average molecular weight is 523 g/mol. The number of phenolic OH excluding ortho intramolecular Hbond substituents is 1. The number of hydrogen-bond donors (Lipinski definition) is 4. The number of ether oxygens (including phenoxy) is 2. The van der Waals surface area contributed by atoms with Crippen LogP contribution in [0.3, 0.4) is 0 Å². The van der Waals surface area contributed by atoms with E-state index < -0.39 is 60.1 Å². The van der Waals surface area contributed by atoms with Crippen LogP contribution in [0.4, 0.5) is 4.79 Å². The van der Waals surface area contributed by atoms with Gasteiger partial charge in [-0.15, -0.1) is 0 Å². The number of rotatable bonds is 11. The van der Waals surface area contributed by atoms with Crippen molar-refractivity contribution in [2.24, 2.45) is 5.73 Å². The van der Waals surface area contributed by atoms with Gasteiger partial charge in [-0.05, 0) is 53.5 Å². The summed E-state index contributed by atoms with van der Waals surface area (Å²) in [4.78, 5) is 64.0. The highest BCUT2D eigenvalue weighted by molar-refractivity contribution is 5.94. The molecule has 206 valence electrons. The van der Waals surface area contributed by atoms with E-state index in [4.69, 9.17) is 10.5 Å². The van der Waals surface area contributed by atoms with Gasteiger partial charge in [0, 0.05) is 18.0 Å². The Balaban J connectivity index is 3.55. The van der Waals surface area contributed by atoms with Gasteiger partial charge >= 0.3 is 12.1 Å². The first-order valence-corrected chi connectivity index (χ1v) is 11.8. The largest absolute Gasteiger partial charge is 0.507 e. The molecule has 0 fully saturated rings. The number of para-hydroxylation sites is 1. The van der Waals surface area contributed by atoms with Gasteiger partial charge in [0.2, 0.25) is 17.7 Å². The lowest BCUT2D eigenvalue weighted by atomic mass is 9.97. The van der Waals surface area contributed by atoms with Crippen molar-refractivity contribution >= 4 is 29.8 Å². The number of nitrogens with two attached hydrogens (primary N) is 1. The van der Waals surface area contributed by atoms with Gasteiger partial charge in [0.25, 0.3) is 0 Å².